The van der Waals surface area contributed by atoms with Crippen LogP contribution in [0.4, 0.5) is 0 Å². The van der Waals surface area contributed by atoms with Crippen molar-refractivity contribution in [3.05, 3.63) is 30.1 Å². The van der Waals surface area contributed by atoms with E-state index >= 15 is 0 Å². The van der Waals surface area contributed by atoms with Gasteiger partial charge in [0.05, 0.1) is 0 Å². The van der Waals surface area contributed by atoms with Gasteiger partial charge in [-0.25, -0.2) is 0 Å². The maximum absolute atomic E-state index is 4.03. The Morgan fingerprint density at radius 3 is 2.47 bits per heavy atom. The Morgan fingerprint density at radius 2 is 1.88 bits per heavy atom. The molecule has 0 aliphatic rings. The molecular formula is C14H25N3. The zero-order valence-electron chi connectivity index (χ0n) is 11.5. The number of hydrogen-bond acceptors (Lipinski definition) is 3. The first-order valence-corrected chi connectivity index (χ1v) is 6.45. The fraction of sp³-hybridized carbons (Fsp3) is 0.643. The van der Waals surface area contributed by atoms with E-state index in [-0.39, 0.29) is 0 Å². The summed E-state index contributed by atoms with van der Waals surface area (Å²) in [6.07, 6.45) is 4.88. The van der Waals surface area contributed by atoms with Crippen molar-refractivity contribution in [2.75, 3.05) is 20.1 Å². The van der Waals surface area contributed by atoms with Gasteiger partial charge in [0.2, 0.25) is 0 Å². The standard InChI is InChI=1S/C14H25N3/c1-12(2)17(4)11-5-8-16-13(3)14-6-9-15-10-7-14/h6-7,9-10,12-13,16H,5,8,11H2,1-4H3. The van der Waals surface area contributed by atoms with Crippen molar-refractivity contribution in [3.63, 3.8) is 0 Å². The molecule has 1 heterocycles. The number of aromatic nitrogens is 1. The Bertz CT molecular complexity index is 298. The second kappa shape index (κ2) is 7.41. The third-order valence-electron chi connectivity index (χ3n) is 3.23. The van der Waals surface area contributed by atoms with E-state index in [4.69, 9.17) is 0 Å². The first-order valence-electron chi connectivity index (χ1n) is 6.45. The summed E-state index contributed by atoms with van der Waals surface area (Å²) >= 11 is 0. The summed E-state index contributed by atoms with van der Waals surface area (Å²) in [6, 6.07) is 5.17. The molecule has 0 saturated carbocycles. The lowest BCUT2D eigenvalue weighted by atomic mass is 10.1. The topological polar surface area (TPSA) is 28.2 Å². The highest BCUT2D eigenvalue weighted by Gasteiger charge is 2.05. The molecule has 0 saturated heterocycles. The van der Waals surface area contributed by atoms with Crippen molar-refractivity contribution in [3.8, 4) is 0 Å². The van der Waals surface area contributed by atoms with Gasteiger partial charge in [-0.15, -0.1) is 0 Å². The average molecular weight is 235 g/mol. The molecule has 0 aliphatic carbocycles. The van der Waals surface area contributed by atoms with Gasteiger partial charge in [-0.05, 0) is 65.0 Å². The SMILES string of the molecule is CC(NCCCN(C)C(C)C)c1ccncc1. The molecule has 17 heavy (non-hydrogen) atoms. The molecule has 0 amide bonds. The van der Waals surface area contributed by atoms with Gasteiger partial charge in [-0.1, -0.05) is 0 Å². The molecule has 96 valence electrons. The lowest BCUT2D eigenvalue weighted by molar-refractivity contribution is 0.268. The largest absolute Gasteiger partial charge is 0.310 e. The van der Waals surface area contributed by atoms with Crippen LogP contribution in [0.15, 0.2) is 24.5 Å². The lowest BCUT2D eigenvalue weighted by Crippen LogP contribution is -2.30. The summed E-state index contributed by atoms with van der Waals surface area (Å²) in [4.78, 5) is 6.41. The van der Waals surface area contributed by atoms with Crippen LogP contribution >= 0.6 is 0 Å². The minimum Gasteiger partial charge on any atom is -0.310 e. The fourth-order valence-electron chi connectivity index (χ4n) is 1.68. The van der Waals surface area contributed by atoms with Gasteiger partial charge in [0.15, 0.2) is 0 Å². The minimum atomic E-state index is 0.405. The van der Waals surface area contributed by atoms with Crippen LogP contribution in [0.5, 0.6) is 0 Å². The smallest absolute Gasteiger partial charge is 0.0292 e. The third-order valence-corrected chi connectivity index (χ3v) is 3.23. The van der Waals surface area contributed by atoms with E-state index in [0.29, 0.717) is 12.1 Å². The van der Waals surface area contributed by atoms with Gasteiger partial charge < -0.3 is 10.2 Å². The minimum absolute atomic E-state index is 0.405. The van der Waals surface area contributed by atoms with E-state index in [2.05, 4.69) is 55.2 Å². The van der Waals surface area contributed by atoms with Crippen LogP contribution in [0.3, 0.4) is 0 Å². The first-order chi connectivity index (χ1) is 8.11. The van der Waals surface area contributed by atoms with E-state index in [1.165, 1.54) is 12.0 Å². The molecule has 0 aliphatic heterocycles. The molecule has 1 unspecified atom stereocenters. The summed E-state index contributed by atoms with van der Waals surface area (Å²) in [5, 5.41) is 3.54. The van der Waals surface area contributed by atoms with E-state index in [1.807, 2.05) is 12.4 Å². The van der Waals surface area contributed by atoms with Gasteiger partial charge in [-0.2, -0.15) is 0 Å². The molecule has 1 atom stereocenters. The summed E-state index contributed by atoms with van der Waals surface area (Å²) in [5.74, 6) is 0. The molecule has 1 rings (SSSR count). The predicted molar refractivity (Wildman–Crippen MR) is 73.0 cm³/mol. The zero-order chi connectivity index (χ0) is 12.7. The molecule has 0 aromatic carbocycles. The molecule has 0 fully saturated rings. The Hall–Kier alpha value is -0.930. The normalized spacial score (nSPS) is 13.3. The monoisotopic (exact) mass is 235 g/mol. The van der Waals surface area contributed by atoms with Crippen LogP contribution in [0, 0.1) is 0 Å². The Morgan fingerprint density at radius 1 is 1.24 bits per heavy atom. The third kappa shape index (κ3) is 5.29. The lowest BCUT2D eigenvalue weighted by Gasteiger charge is -2.21. The van der Waals surface area contributed by atoms with Crippen molar-refractivity contribution in [2.45, 2.75) is 39.3 Å². The maximum atomic E-state index is 4.03. The summed E-state index contributed by atoms with van der Waals surface area (Å²) < 4.78 is 0. The predicted octanol–water partition coefficient (Wildman–Crippen LogP) is 2.46. The van der Waals surface area contributed by atoms with Gasteiger partial charge in [0, 0.05) is 24.5 Å². The molecule has 0 radical (unpaired) electrons. The van der Waals surface area contributed by atoms with Crippen LogP contribution in [-0.2, 0) is 0 Å². The highest BCUT2D eigenvalue weighted by atomic mass is 15.1. The summed E-state index contributed by atoms with van der Waals surface area (Å²) in [5.41, 5.74) is 1.30. The highest BCUT2D eigenvalue weighted by Crippen LogP contribution is 2.09. The van der Waals surface area contributed by atoms with Gasteiger partial charge >= 0.3 is 0 Å². The summed E-state index contributed by atoms with van der Waals surface area (Å²) in [6.45, 7) is 8.86. The number of nitrogens with zero attached hydrogens (tertiary/aromatic N) is 2. The van der Waals surface area contributed by atoms with Crippen molar-refractivity contribution in [1.82, 2.24) is 15.2 Å². The zero-order valence-corrected chi connectivity index (χ0v) is 11.5. The van der Waals surface area contributed by atoms with Crippen molar-refractivity contribution in [1.29, 1.82) is 0 Å². The van der Waals surface area contributed by atoms with Gasteiger partial charge in [0.1, 0.15) is 0 Å². The molecule has 1 aromatic rings. The van der Waals surface area contributed by atoms with E-state index in [9.17, 15) is 0 Å². The number of nitrogens with one attached hydrogen (secondary N) is 1. The van der Waals surface area contributed by atoms with Crippen LogP contribution < -0.4 is 5.32 Å². The molecule has 1 aromatic heterocycles. The fourth-order valence-corrected chi connectivity index (χ4v) is 1.68. The van der Waals surface area contributed by atoms with Crippen molar-refractivity contribution in [2.24, 2.45) is 0 Å². The Balaban J connectivity index is 2.19. The van der Waals surface area contributed by atoms with Crippen LogP contribution in [-0.4, -0.2) is 36.1 Å². The number of hydrogen-bond donors (Lipinski definition) is 1. The van der Waals surface area contributed by atoms with E-state index in [0.717, 1.165) is 13.1 Å². The van der Waals surface area contributed by atoms with Crippen molar-refractivity contribution >= 4 is 0 Å². The second-order valence-electron chi connectivity index (χ2n) is 4.88. The highest BCUT2D eigenvalue weighted by molar-refractivity contribution is 5.13. The average Bonchev–Trinajstić information content (AvgIpc) is 2.35. The molecule has 1 N–H and O–H groups in total. The van der Waals surface area contributed by atoms with Crippen LogP contribution in [0.25, 0.3) is 0 Å². The van der Waals surface area contributed by atoms with Crippen molar-refractivity contribution < 1.29 is 0 Å². The second-order valence-corrected chi connectivity index (χ2v) is 4.88. The molecular weight excluding hydrogens is 210 g/mol. The Labute approximate surface area is 105 Å². The van der Waals surface area contributed by atoms with Crippen LogP contribution in [0.2, 0.25) is 0 Å². The molecule has 3 heteroatoms. The quantitative estimate of drug-likeness (QED) is 0.736. The number of rotatable bonds is 7. The van der Waals surface area contributed by atoms with Gasteiger partial charge in [-0.3, -0.25) is 4.98 Å². The molecule has 0 spiro atoms. The van der Waals surface area contributed by atoms with E-state index < -0.39 is 0 Å². The Kier molecular flexibility index (Phi) is 6.16. The van der Waals surface area contributed by atoms with Crippen LogP contribution in [0.1, 0.15) is 38.8 Å². The molecule has 0 bridgehead atoms. The maximum Gasteiger partial charge on any atom is 0.0292 e. The first kappa shape index (κ1) is 14.1. The van der Waals surface area contributed by atoms with E-state index in [1.54, 1.807) is 0 Å². The summed E-state index contributed by atoms with van der Waals surface area (Å²) in [7, 11) is 2.18. The van der Waals surface area contributed by atoms with Gasteiger partial charge in [0.25, 0.3) is 0 Å². The molecule has 3 nitrogen and oxygen atoms in total. The number of pyridine rings is 1.